The molecule has 1 unspecified atom stereocenters. The molecule has 6 nitrogen and oxygen atoms in total. The smallest absolute Gasteiger partial charge is 0.183 e. The van der Waals surface area contributed by atoms with Gasteiger partial charge in [0.2, 0.25) is 0 Å². The number of likely N-dealkylation sites (N-methyl/N-ethyl adjacent to an activating group) is 1. The maximum atomic E-state index is 13.4. The number of rotatable bonds is 8. The fourth-order valence-electron chi connectivity index (χ4n) is 4.11. The summed E-state index contributed by atoms with van der Waals surface area (Å²) in [7, 11) is -3.49. The van der Waals surface area contributed by atoms with Crippen LogP contribution >= 0.6 is 11.6 Å². The van der Waals surface area contributed by atoms with Crippen LogP contribution in [0.5, 0.6) is 0 Å². The number of nitrogens with one attached hydrogen (secondary N) is 1. The lowest BCUT2D eigenvalue weighted by Gasteiger charge is -2.28. The molecule has 1 aliphatic rings. The van der Waals surface area contributed by atoms with Gasteiger partial charge in [-0.25, -0.2) is 16.8 Å². The first-order chi connectivity index (χ1) is 14.9. The van der Waals surface area contributed by atoms with Gasteiger partial charge in [0, 0.05) is 23.7 Å². The molecule has 0 amide bonds. The molecule has 3 rings (SSSR count). The molecular weight excluding hydrogens is 468 g/mol. The van der Waals surface area contributed by atoms with Crippen molar-refractivity contribution in [2.24, 2.45) is 0 Å². The first-order valence-corrected chi connectivity index (χ1v) is 14.4. The van der Waals surface area contributed by atoms with Crippen LogP contribution in [0.15, 0.2) is 53.4 Å². The van der Waals surface area contributed by atoms with E-state index in [2.05, 4.69) is 5.32 Å². The second-order valence-corrected chi connectivity index (χ2v) is 13.6. The zero-order valence-electron chi connectivity index (χ0n) is 18.8. The summed E-state index contributed by atoms with van der Waals surface area (Å²) in [5.41, 5.74) is 1.93. The minimum Gasteiger partial charge on any atom is -0.310 e. The third kappa shape index (κ3) is 5.54. The predicted octanol–water partition coefficient (Wildman–Crippen LogP) is 3.30. The highest BCUT2D eigenvalue weighted by atomic mass is 35.5. The number of hydrogen-bond donors (Lipinski definition) is 1. The van der Waals surface area contributed by atoms with Crippen molar-refractivity contribution in [1.29, 1.82) is 0 Å². The first kappa shape index (κ1) is 25.2. The van der Waals surface area contributed by atoms with Gasteiger partial charge in [-0.15, -0.1) is 0 Å². The molecule has 1 heterocycles. The Morgan fingerprint density at radius 3 is 2.25 bits per heavy atom. The number of nitrogens with zero attached hydrogens (tertiary/aromatic N) is 1. The van der Waals surface area contributed by atoms with Crippen molar-refractivity contribution in [3.63, 3.8) is 0 Å². The lowest BCUT2D eigenvalue weighted by atomic mass is 10.0. The van der Waals surface area contributed by atoms with Crippen molar-refractivity contribution in [3.8, 4) is 0 Å². The predicted molar refractivity (Wildman–Crippen MR) is 130 cm³/mol. The Balaban J connectivity index is 1.85. The van der Waals surface area contributed by atoms with Crippen LogP contribution in [0.2, 0.25) is 5.02 Å². The van der Waals surface area contributed by atoms with Crippen molar-refractivity contribution in [2.45, 2.75) is 42.0 Å². The van der Waals surface area contributed by atoms with Gasteiger partial charge in [-0.2, -0.15) is 0 Å². The van der Waals surface area contributed by atoms with Crippen molar-refractivity contribution in [1.82, 2.24) is 10.2 Å². The summed E-state index contributed by atoms with van der Waals surface area (Å²) in [5.74, 6) is -0.304. The first-order valence-electron chi connectivity index (χ1n) is 10.6. The third-order valence-corrected chi connectivity index (χ3v) is 10.5. The van der Waals surface area contributed by atoms with Gasteiger partial charge in [0.15, 0.2) is 19.7 Å². The highest BCUT2D eigenvalue weighted by Crippen LogP contribution is 2.29. The van der Waals surface area contributed by atoms with Crippen molar-refractivity contribution < 1.29 is 16.8 Å². The lowest BCUT2D eigenvalue weighted by Crippen LogP contribution is -2.46. The Labute approximate surface area is 196 Å². The van der Waals surface area contributed by atoms with Crippen LogP contribution in [0.25, 0.3) is 0 Å². The van der Waals surface area contributed by atoms with Crippen LogP contribution in [-0.2, 0) is 19.7 Å². The molecule has 0 spiro atoms. The zero-order valence-corrected chi connectivity index (χ0v) is 21.2. The van der Waals surface area contributed by atoms with Crippen LogP contribution in [0.3, 0.4) is 0 Å². The minimum atomic E-state index is -3.82. The van der Waals surface area contributed by atoms with Crippen molar-refractivity contribution >= 4 is 31.3 Å². The van der Waals surface area contributed by atoms with E-state index >= 15 is 0 Å². The Morgan fingerprint density at radius 2 is 1.69 bits per heavy atom. The summed E-state index contributed by atoms with van der Waals surface area (Å²) >= 11 is 6.37. The summed E-state index contributed by atoms with van der Waals surface area (Å²) in [4.78, 5) is 2.14. The Hall–Kier alpha value is -1.45. The van der Waals surface area contributed by atoms with E-state index in [1.54, 1.807) is 24.3 Å². The molecule has 0 aliphatic carbocycles. The van der Waals surface area contributed by atoms with E-state index in [0.717, 1.165) is 11.1 Å². The van der Waals surface area contributed by atoms with Gasteiger partial charge in [-0.3, -0.25) is 0 Å². The molecule has 1 N–H and O–H groups in total. The summed E-state index contributed by atoms with van der Waals surface area (Å²) < 4.78 is 51.6. The normalized spacial score (nSPS) is 21.8. The fraction of sp³-hybridized carbons (Fsp3) is 0.478. The van der Waals surface area contributed by atoms with Gasteiger partial charge in [0.05, 0.1) is 21.7 Å². The molecule has 9 heteroatoms. The molecule has 0 radical (unpaired) electrons. The number of benzene rings is 2. The van der Waals surface area contributed by atoms with E-state index in [0.29, 0.717) is 11.6 Å². The highest BCUT2D eigenvalue weighted by molar-refractivity contribution is 7.96. The Morgan fingerprint density at radius 1 is 1.06 bits per heavy atom. The summed E-state index contributed by atoms with van der Waals surface area (Å²) in [6.45, 7) is 4.44. The third-order valence-electron chi connectivity index (χ3n) is 6.04. The van der Waals surface area contributed by atoms with Crippen LogP contribution in [-0.4, -0.2) is 65.2 Å². The standard InChI is InChI=1S/C23H31ClN2O4S2/c1-16(2)17-9-11-18(12-10-17)32(29,30)23-15-31(27,28)14-21(23)25-13-22(26(3)4)19-7-5-6-8-20(19)24/h5-12,16,21-23,25H,13-15H2,1-4H3/t21-,22?,23-/m0/s1. The second-order valence-electron chi connectivity index (χ2n) is 8.90. The molecule has 0 saturated carbocycles. The van der Waals surface area contributed by atoms with Gasteiger partial charge in [0.25, 0.3) is 0 Å². The SMILES string of the molecule is CC(C)c1ccc(S(=O)(=O)[C@H]2CS(=O)(=O)C[C@@H]2NCC(c2ccccc2Cl)N(C)C)cc1. The van der Waals surface area contributed by atoms with E-state index in [4.69, 9.17) is 11.6 Å². The molecule has 1 aliphatic heterocycles. The molecule has 1 fully saturated rings. The van der Waals surface area contributed by atoms with Crippen LogP contribution in [0, 0.1) is 0 Å². The highest BCUT2D eigenvalue weighted by Gasteiger charge is 2.45. The summed E-state index contributed by atoms with van der Waals surface area (Å²) in [5, 5.41) is 2.82. The monoisotopic (exact) mass is 498 g/mol. The van der Waals surface area contributed by atoms with Gasteiger partial charge >= 0.3 is 0 Å². The summed E-state index contributed by atoms with van der Waals surface area (Å²) in [6, 6.07) is 13.4. The number of hydrogen-bond acceptors (Lipinski definition) is 6. The maximum absolute atomic E-state index is 13.4. The van der Waals surface area contributed by atoms with Crippen LogP contribution in [0.1, 0.15) is 36.9 Å². The lowest BCUT2D eigenvalue weighted by molar-refractivity contribution is 0.282. The van der Waals surface area contributed by atoms with Crippen molar-refractivity contribution in [2.75, 3.05) is 32.1 Å². The molecule has 2 aromatic rings. The molecular formula is C23H31ClN2O4S2. The Kier molecular flexibility index (Phi) is 7.72. The molecule has 3 atom stereocenters. The number of sulfone groups is 2. The van der Waals surface area contributed by atoms with E-state index < -0.39 is 31.0 Å². The van der Waals surface area contributed by atoms with Gasteiger partial charge in [0.1, 0.15) is 0 Å². The van der Waals surface area contributed by atoms with Gasteiger partial charge < -0.3 is 10.2 Å². The topological polar surface area (TPSA) is 83.5 Å². The van der Waals surface area contributed by atoms with E-state index in [1.165, 1.54) is 0 Å². The van der Waals surface area contributed by atoms with Crippen molar-refractivity contribution in [3.05, 3.63) is 64.7 Å². The summed E-state index contributed by atoms with van der Waals surface area (Å²) in [6.07, 6.45) is 0. The molecule has 32 heavy (non-hydrogen) atoms. The molecule has 1 saturated heterocycles. The largest absolute Gasteiger partial charge is 0.310 e. The molecule has 0 bridgehead atoms. The second kappa shape index (κ2) is 9.81. The average molecular weight is 499 g/mol. The van der Waals surface area contributed by atoms with Gasteiger partial charge in [-0.1, -0.05) is 55.8 Å². The van der Waals surface area contributed by atoms with E-state index in [9.17, 15) is 16.8 Å². The minimum absolute atomic E-state index is 0.138. The molecule has 2 aromatic carbocycles. The van der Waals surface area contributed by atoms with Gasteiger partial charge in [-0.05, 0) is 49.3 Å². The number of halogens is 1. The Bertz CT molecular complexity index is 1150. The fourth-order valence-corrected chi connectivity index (χ4v) is 9.09. The molecule has 176 valence electrons. The quantitative estimate of drug-likeness (QED) is 0.601. The average Bonchev–Trinajstić information content (AvgIpc) is 3.04. The van der Waals surface area contributed by atoms with Crippen LogP contribution in [0.4, 0.5) is 0 Å². The van der Waals surface area contributed by atoms with E-state index in [-0.39, 0.29) is 28.4 Å². The zero-order chi connectivity index (χ0) is 23.7. The van der Waals surface area contributed by atoms with E-state index in [1.807, 2.05) is 57.1 Å². The maximum Gasteiger partial charge on any atom is 0.183 e. The van der Waals surface area contributed by atoms with Crippen LogP contribution < -0.4 is 5.32 Å². The molecule has 0 aromatic heterocycles.